The highest BCUT2D eigenvalue weighted by Crippen LogP contribution is 2.22. The number of nitrogens with zero attached hydrogens (tertiary/aromatic N) is 1. The van der Waals surface area contributed by atoms with Crippen LogP contribution >= 0.6 is 12.2 Å². The summed E-state index contributed by atoms with van der Waals surface area (Å²) in [5.74, 6) is 0.562. The number of aliphatic carboxylic acids is 1. The molecule has 2 atom stereocenters. The summed E-state index contributed by atoms with van der Waals surface area (Å²) in [7, 11) is 1.63. The molecule has 1 aliphatic rings. The fraction of sp³-hybridized carbons (Fsp3) is 0.556. The van der Waals surface area contributed by atoms with Crippen LogP contribution in [0.25, 0.3) is 0 Å². The summed E-state index contributed by atoms with van der Waals surface area (Å²) < 4.78 is 5.13. The third-order valence-corrected chi connectivity index (χ3v) is 4.74. The Morgan fingerprint density at radius 3 is 2.64 bits per heavy atom. The minimum atomic E-state index is -0.736. The van der Waals surface area contributed by atoms with E-state index in [0.29, 0.717) is 11.0 Å². The minimum Gasteiger partial charge on any atom is -0.497 e. The lowest BCUT2D eigenvalue weighted by Crippen LogP contribution is -2.44. The van der Waals surface area contributed by atoms with Crippen molar-refractivity contribution in [3.05, 3.63) is 24.3 Å². The molecule has 0 saturated carbocycles. The Morgan fingerprint density at radius 1 is 1.40 bits per heavy atom. The average Bonchev–Trinajstić information content (AvgIpc) is 3.01. The van der Waals surface area contributed by atoms with E-state index in [1.807, 2.05) is 38.1 Å². The number of hydrogen-bond acceptors (Lipinski definition) is 4. The van der Waals surface area contributed by atoms with Crippen molar-refractivity contribution in [1.82, 2.24) is 10.2 Å². The van der Waals surface area contributed by atoms with Gasteiger partial charge in [0.15, 0.2) is 5.11 Å². The van der Waals surface area contributed by atoms with E-state index in [-0.39, 0.29) is 5.92 Å². The molecule has 0 aromatic heterocycles. The van der Waals surface area contributed by atoms with Crippen molar-refractivity contribution in [3.8, 4) is 5.75 Å². The number of carboxylic acids is 1. The van der Waals surface area contributed by atoms with Crippen LogP contribution in [-0.4, -0.2) is 53.9 Å². The van der Waals surface area contributed by atoms with E-state index < -0.39 is 12.0 Å². The molecule has 0 amide bonds. The van der Waals surface area contributed by atoms with Gasteiger partial charge >= 0.3 is 5.97 Å². The van der Waals surface area contributed by atoms with Gasteiger partial charge in [-0.05, 0) is 61.3 Å². The second kappa shape index (κ2) is 9.01. The largest absolute Gasteiger partial charge is 0.497 e. The Hall–Kier alpha value is -1.86. The van der Waals surface area contributed by atoms with E-state index in [0.717, 1.165) is 37.5 Å². The van der Waals surface area contributed by atoms with Crippen LogP contribution in [0.3, 0.4) is 0 Å². The molecule has 0 bridgehead atoms. The summed E-state index contributed by atoms with van der Waals surface area (Å²) >= 11 is 5.33. The summed E-state index contributed by atoms with van der Waals surface area (Å²) in [5, 5.41) is 16.4. The number of likely N-dealkylation sites (tertiary alicyclic amines) is 1. The normalized spacial score (nSPS) is 18.8. The predicted octanol–water partition coefficient (Wildman–Crippen LogP) is 2.41. The first-order chi connectivity index (χ1) is 11.9. The van der Waals surface area contributed by atoms with Crippen molar-refractivity contribution < 1.29 is 14.6 Å². The molecule has 2 rings (SSSR count). The first-order valence-corrected chi connectivity index (χ1v) is 8.97. The lowest BCUT2D eigenvalue weighted by Gasteiger charge is -2.27. The van der Waals surface area contributed by atoms with Crippen molar-refractivity contribution in [1.29, 1.82) is 0 Å². The standard InChI is InChI=1S/C18H27N3O3S/c1-12(2)16(17(22)23)21-9-8-13(11-21)10-19-18(25)20-14-4-6-15(24-3)7-5-14/h4-7,12-13,16H,8-11H2,1-3H3,(H,22,23)(H2,19,20,25)/t13-,16?/m1/s1. The molecule has 1 aromatic carbocycles. The topological polar surface area (TPSA) is 73.8 Å². The molecule has 1 unspecified atom stereocenters. The highest BCUT2D eigenvalue weighted by Gasteiger charge is 2.34. The molecule has 0 radical (unpaired) electrons. The van der Waals surface area contributed by atoms with E-state index in [4.69, 9.17) is 17.0 Å². The molecule has 1 aromatic rings. The quantitative estimate of drug-likeness (QED) is 0.641. The summed E-state index contributed by atoms with van der Waals surface area (Å²) in [6, 6.07) is 7.15. The Bertz CT molecular complexity index is 592. The number of carbonyl (C=O) groups is 1. The number of ether oxygens (including phenoxy) is 1. The van der Waals surface area contributed by atoms with E-state index in [1.54, 1.807) is 7.11 Å². The fourth-order valence-corrected chi connectivity index (χ4v) is 3.43. The van der Waals surface area contributed by atoms with Crippen molar-refractivity contribution in [2.45, 2.75) is 26.3 Å². The third kappa shape index (κ3) is 5.57. The maximum atomic E-state index is 11.5. The molecule has 1 aliphatic heterocycles. The van der Waals surface area contributed by atoms with E-state index in [1.165, 1.54) is 0 Å². The molecule has 138 valence electrons. The fourth-order valence-electron chi connectivity index (χ4n) is 3.23. The number of rotatable bonds is 7. The Kier molecular flexibility index (Phi) is 7.01. The Labute approximate surface area is 154 Å². The van der Waals surface area contributed by atoms with Crippen LogP contribution in [0.15, 0.2) is 24.3 Å². The van der Waals surface area contributed by atoms with Crippen molar-refractivity contribution in [2.75, 3.05) is 32.1 Å². The van der Waals surface area contributed by atoms with Crippen molar-refractivity contribution in [2.24, 2.45) is 11.8 Å². The van der Waals surface area contributed by atoms with E-state index in [9.17, 15) is 9.90 Å². The van der Waals surface area contributed by atoms with Gasteiger partial charge in [-0.3, -0.25) is 9.69 Å². The number of benzene rings is 1. The van der Waals surface area contributed by atoms with Gasteiger partial charge in [0.2, 0.25) is 0 Å². The zero-order valence-corrected chi connectivity index (χ0v) is 15.8. The van der Waals surface area contributed by atoms with Crippen LogP contribution in [-0.2, 0) is 4.79 Å². The minimum absolute atomic E-state index is 0.0991. The molecule has 1 heterocycles. The molecule has 0 aliphatic carbocycles. The lowest BCUT2D eigenvalue weighted by molar-refractivity contribution is -0.144. The van der Waals surface area contributed by atoms with E-state index in [2.05, 4.69) is 15.5 Å². The number of nitrogens with one attached hydrogen (secondary N) is 2. The number of methoxy groups -OCH3 is 1. The van der Waals surface area contributed by atoms with Gasteiger partial charge in [-0.2, -0.15) is 0 Å². The van der Waals surface area contributed by atoms with Crippen molar-refractivity contribution >= 4 is 29.0 Å². The van der Waals surface area contributed by atoms with Crippen LogP contribution in [0.4, 0.5) is 5.69 Å². The third-order valence-electron chi connectivity index (χ3n) is 4.49. The maximum absolute atomic E-state index is 11.5. The van der Waals surface area contributed by atoms with Crippen LogP contribution in [0.2, 0.25) is 0 Å². The number of thiocarbonyl (C=S) groups is 1. The van der Waals surface area contributed by atoms with Gasteiger partial charge in [0, 0.05) is 18.8 Å². The van der Waals surface area contributed by atoms with Crippen LogP contribution in [0, 0.1) is 11.8 Å². The van der Waals surface area contributed by atoms with Crippen LogP contribution < -0.4 is 15.4 Å². The molecule has 3 N–H and O–H groups in total. The second-order valence-electron chi connectivity index (χ2n) is 6.74. The zero-order valence-electron chi connectivity index (χ0n) is 15.0. The maximum Gasteiger partial charge on any atom is 0.321 e. The molecule has 25 heavy (non-hydrogen) atoms. The second-order valence-corrected chi connectivity index (χ2v) is 7.15. The summed E-state index contributed by atoms with van der Waals surface area (Å²) in [5.41, 5.74) is 0.900. The predicted molar refractivity (Wildman–Crippen MR) is 103 cm³/mol. The van der Waals surface area contributed by atoms with E-state index >= 15 is 0 Å². The number of anilines is 1. The van der Waals surface area contributed by atoms with Crippen molar-refractivity contribution in [3.63, 3.8) is 0 Å². The lowest BCUT2D eigenvalue weighted by atomic mass is 10.0. The Balaban J connectivity index is 1.77. The smallest absolute Gasteiger partial charge is 0.321 e. The van der Waals surface area contributed by atoms with Crippen LogP contribution in [0.1, 0.15) is 20.3 Å². The van der Waals surface area contributed by atoms with Gasteiger partial charge in [0.05, 0.1) is 7.11 Å². The molecular weight excluding hydrogens is 338 g/mol. The SMILES string of the molecule is COc1ccc(NC(=S)NC[C@H]2CCN(C(C(=O)O)C(C)C)C2)cc1. The average molecular weight is 365 g/mol. The summed E-state index contributed by atoms with van der Waals surface area (Å²) in [6.07, 6.45) is 0.981. The first-order valence-electron chi connectivity index (χ1n) is 8.56. The molecule has 1 saturated heterocycles. The van der Waals surface area contributed by atoms with Gasteiger partial charge in [-0.15, -0.1) is 0 Å². The zero-order chi connectivity index (χ0) is 18.4. The highest BCUT2D eigenvalue weighted by molar-refractivity contribution is 7.80. The Morgan fingerprint density at radius 2 is 2.08 bits per heavy atom. The van der Waals surface area contributed by atoms with Gasteiger partial charge < -0.3 is 20.5 Å². The van der Waals surface area contributed by atoms with Crippen LogP contribution in [0.5, 0.6) is 5.75 Å². The number of hydrogen-bond donors (Lipinski definition) is 3. The number of carboxylic acid groups (broad SMARTS) is 1. The first kappa shape index (κ1) is 19.5. The monoisotopic (exact) mass is 365 g/mol. The molecule has 7 heteroatoms. The molecular formula is C18H27N3O3S. The highest BCUT2D eigenvalue weighted by atomic mass is 32.1. The molecule has 0 spiro atoms. The van der Waals surface area contributed by atoms with Gasteiger partial charge in [0.25, 0.3) is 0 Å². The van der Waals surface area contributed by atoms with Gasteiger partial charge in [-0.25, -0.2) is 0 Å². The van der Waals surface area contributed by atoms with Gasteiger partial charge in [0.1, 0.15) is 11.8 Å². The summed E-state index contributed by atoms with van der Waals surface area (Å²) in [4.78, 5) is 13.5. The van der Waals surface area contributed by atoms with Gasteiger partial charge in [-0.1, -0.05) is 13.8 Å². The molecule has 6 nitrogen and oxygen atoms in total. The summed E-state index contributed by atoms with van der Waals surface area (Å²) in [6.45, 7) is 6.26. The molecule has 1 fully saturated rings.